The van der Waals surface area contributed by atoms with Crippen LogP contribution < -0.4 is 0 Å². The van der Waals surface area contributed by atoms with Gasteiger partial charge in [0.25, 0.3) is 0 Å². The van der Waals surface area contributed by atoms with E-state index in [0.717, 1.165) is 75.5 Å². The van der Waals surface area contributed by atoms with Crippen LogP contribution >= 0.6 is 0 Å². The lowest BCUT2D eigenvalue weighted by Gasteiger charge is -2.18. The Bertz CT molecular complexity index is 809. The molecule has 6 nitrogen and oxygen atoms in total. The van der Waals surface area contributed by atoms with E-state index in [0.29, 0.717) is 19.3 Å². The zero-order chi connectivity index (χ0) is 38.5. The zero-order valence-electron chi connectivity index (χ0n) is 35.6. The van der Waals surface area contributed by atoms with E-state index >= 15 is 0 Å². The van der Waals surface area contributed by atoms with Gasteiger partial charge < -0.3 is 14.2 Å². The maximum absolute atomic E-state index is 12.7. The summed E-state index contributed by atoms with van der Waals surface area (Å²) in [7, 11) is 0. The fourth-order valence-electron chi connectivity index (χ4n) is 6.67. The number of hydrogen-bond acceptors (Lipinski definition) is 6. The lowest BCUT2D eigenvalue weighted by atomic mass is 10.00. The van der Waals surface area contributed by atoms with E-state index < -0.39 is 6.10 Å². The molecule has 0 bridgehead atoms. The first kappa shape index (κ1) is 50.4. The molecule has 0 saturated carbocycles. The van der Waals surface area contributed by atoms with E-state index in [1.807, 2.05) is 0 Å². The molecule has 0 aromatic rings. The fraction of sp³-hybridized carbons (Fsp3) is 0.935. The number of carbonyl (C=O) groups excluding carboxylic acids is 3. The first-order valence-corrected chi connectivity index (χ1v) is 22.6. The van der Waals surface area contributed by atoms with Crippen LogP contribution in [0.15, 0.2) is 0 Å². The van der Waals surface area contributed by atoms with Gasteiger partial charge in [0.2, 0.25) is 0 Å². The highest BCUT2D eigenvalue weighted by Gasteiger charge is 2.19. The van der Waals surface area contributed by atoms with Crippen LogP contribution in [-0.2, 0) is 28.6 Å². The second kappa shape index (κ2) is 37.7. The summed E-state index contributed by atoms with van der Waals surface area (Å²) in [6, 6.07) is 0. The molecule has 52 heavy (non-hydrogen) atoms. The zero-order valence-corrected chi connectivity index (χ0v) is 35.6. The molecule has 1 unspecified atom stereocenters. The minimum absolute atomic E-state index is 0.0674. The quantitative estimate of drug-likeness (QED) is 0.0355. The average Bonchev–Trinajstić information content (AvgIpc) is 3.11. The summed E-state index contributed by atoms with van der Waals surface area (Å²) in [5, 5.41) is 0. The monoisotopic (exact) mass is 737 g/mol. The molecular weight excluding hydrogens is 648 g/mol. The van der Waals surface area contributed by atoms with E-state index in [4.69, 9.17) is 14.2 Å². The molecule has 0 N–H and O–H groups in total. The van der Waals surface area contributed by atoms with Gasteiger partial charge >= 0.3 is 17.9 Å². The molecule has 0 amide bonds. The minimum atomic E-state index is -0.762. The Morgan fingerprint density at radius 1 is 0.385 bits per heavy atom. The first-order valence-electron chi connectivity index (χ1n) is 22.6. The summed E-state index contributed by atoms with van der Waals surface area (Å²) in [6.07, 6.45) is 33.8. The van der Waals surface area contributed by atoms with Crippen LogP contribution in [0.3, 0.4) is 0 Å². The molecule has 0 saturated heterocycles. The van der Waals surface area contributed by atoms with Crippen molar-refractivity contribution >= 4 is 17.9 Å². The van der Waals surface area contributed by atoms with Crippen molar-refractivity contribution in [1.82, 2.24) is 0 Å². The topological polar surface area (TPSA) is 78.9 Å². The van der Waals surface area contributed by atoms with Gasteiger partial charge in [0.05, 0.1) is 0 Å². The normalized spacial score (nSPS) is 12.7. The van der Waals surface area contributed by atoms with Crippen molar-refractivity contribution in [3.8, 4) is 0 Å². The number of carbonyl (C=O) groups is 3. The lowest BCUT2D eigenvalue weighted by Crippen LogP contribution is -2.30. The van der Waals surface area contributed by atoms with E-state index in [1.54, 1.807) is 0 Å². The lowest BCUT2D eigenvalue weighted by molar-refractivity contribution is -0.167. The standard InChI is InChI=1S/C46H88O6/c1-7-42(6)34-28-22-18-19-24-30-36-45(48)51-39-43(38-50-44(47)35-29-23-17-13-15-21-27-33-41(4)5)52-46(49)37-31-25-16-12-10-8-9-11-14-20-26-32-40(2)3/h40-43H,7-39H2,1-6H3/t42?,43-/m0/s1. The molecule has 0 radical (unpaired) electrons. The molecule has 0 aliphatic rings. The van der Waals surface area contributed by atoms with Crippen LogP contribution in [-0.4, -0.2) is 37.2 Å². The number of rotatable bonds is 39. The third-order valence-electron chi connectivity index (χ3n) is 10.5. The maximum Gasteiger partial charge on any atom is 0.306 e. The number of ether oxygens (including phenoxy) is 3. The van der Waals surface area contributed by atoms with Crippen LogP contribution in [0.25, 0.3) is 0 Å². The van der Waals surface area contributed by atoms with E-state index in [-0.39, 0.29) is 31.1 Å². The Morgan fingerprint density at radius 2 is 0.673 bits per heavy atom. The van der Waals surface area contributed by atoms with E-state index in [1.165, 1.54) is 122 Å². The Labute approximate surface area is 323 Å². The van der Waals surface area contributed by atoms with Crippen molar-refractivity contribution in [1.29, 1.82) is 0 Å². The Balaban J connectivity index is 4.35. The molecule has 0 aliphatic carbocycles. The second-order valence-corrected chi connectivity index (χ2v) is 16.9. The molecule has 308 valence electrons. The average molecular weight is 737 g/mol. The molecule has 0 aromatic carbocycles. The third kappa shape index (κ3) is 38.1. The number of hydrogen-bond donors (Lipinski definition) is 0. The van der Waals surface area contributed by atoms with Crippen molar-refractivity contribution in [2.24, 2.45) is 17.8 Å². The van der Waals surface area contributed by atoms with Crippen LogP contribution in [0.2, 0.25) is 0 Å². The van der Waals surface area contributed by atoms with Crippen LogP contribution in [0.4, 0.5) is 0 Å². The van der Waals surface area contributed by atoms with Crippen molar-refractivity contribution in [2.75, 3.05) is 13.2 Å². The number of esters is 3. The fourth-order valence-corrected chi connectivity index (χ4v) is 6.67. The Hall–Kier alpha value is -1.59. The largest absolute Gasteiger partial charge is 0.462 e. The minimum Gasteiger partial charge on any atom is -0.462 e. The van der Waals surface area contributed by atoms with Gasteiger partial charge in [-0.15, -0.1) is 0 Å². The van der Waals surface area contributed by atoms with E-state index in [2.05, 4.69) is 41.5 Å². The molecular formula is C46H88O6. The van der Waals surface area contributed by atoms with Crippen molar-refractivity contribution in [3.05, 3.63) is 0 Å². The summed E-state index contributed by atoms with van der Waals surface area (Å²) < 4.78 is 16.7. The second-order valence-electron chi connectivity index (χ2n) is 16.9. The van der Waals surface area contributed by atoms with Crippen LogP contribution in [0, 0.1) is 17.8 Å². The van der Waals surface area contributed by atoms with Gasteiger partial charge in [0, 0.05) is 19.3 Å². The SMILES string of the molecule is CCC(C)CCCCCCCCC(=O)OC[C@H](COC(=O)CCCCCCCCCC(C)C)OC(=O)CCCCCCCCCCCCCC(C)C. The number of unbranched alkanes of at least 4 members (excludes halogenated alkanes) is 21. The highest BCUT2D eigenvalue weighted by atomic mass is 16.6. The summed E-state index contributed by atoms with van der Waals surface area (Å²) in [5.41, 5.74) is 0. The maximum atomic E-state index is 12.7. The highest BCUT2D eigenvalue weighted by Crippen LogP contribution is 2.17. The molecule has 0 aliphatic heterocycles. The summed E-state index contributed by atoms with van der Waals surface area (Å²) in [5.74, 6) is 1.55. The Morgan fingerprint density at radius 3 is 1.00 bits per heavy atom. The molecule has 0 rings (SSSR count). The summed E-state index contributed by atoms with van der Waals surface area (Å²) >= 11 is 0. The summed E-state index contributed by atoms with van der Waals surface area (Å²) in [6.45, 7) is 13.6. The smallest absolute Gasteiger partial charge is 0.306 e. The predicted octanol–water partition coefficient (Wildman–Crippen LogP) is 14.0. The Kier molecular flexibility index (Phi) is 36.6. The molecule has 0 heterocycles. The van der Waals surface area contributed by atoms with Gasteiger partial charge in [-0.1, -0.05) is 202 Å². The third-order valence-corrected chi connectivity index (χ3v) is 10.5. The van der Waals surface area contributed by atoms with Gasteiger partial charge in [-0.25, -0.2) is 0 Å². The van der Waals surface area contributed by atoms with Crippen molar-refractivity contribution in [3.63, 3.8) is 0 Å². The van der Waals surface area contributed by atoms with Crippen LogP contribution in [0.1, 0.15) is 241 Å². The van der Waals surface area contributed by atoms with Gasteiger partial charge in [-0.05, 0) is 37.0 Å². The molecule has 6 heteroatoms. The van der Waals surface area contributed by atoms with Gasteiger partial charge in [0.1, 0.15) is 13.2 Å². The summed E-state index contributed by atoms with van der Waals surface area (Å²) in [4.78, 5) is 37.7. The van der Waals surface area contributed by atoms with Crippen molar-refractivity contribution in [2.45, 2.75) is 247 Å². The predicted molar refractivity (Wildman–Crippen MR) is 219 cm³/mol. The van der Waals surface area contributed by atoms with Crippen LogP contribution in [0.5, 0.6) is 0 Å². The molecule has 0 fully saturated rings. The van der Waals surface area contributed by atoms with E-state index in [9.17, 15) is 14.4 Å². The molecule has 0 aromatic heterocycles. The van der Waals surface area contributed by atoms with Crippen molar-refractivity contribution < 1.29 is 28.6 Å². The highest BCUT2D eigenvalue weighted by molar-refractivity contribution is 5.71. The van der Waals surface area contributed by atoms with Gasteiger partial charge in [-0.2, -0.15) is 0 Å². The molecule has 2 atom stereocenters. The van der Waals surface area contributed by atoms with Gasteiger partial charge in [-0.3, -0.25) is 14.4 Å². The first-order chi connectivity index (χ1) is 25.1. The molecule has 0 spiro atoms. The van der Waals surface area contributed by atoms with Gasteiger partial charge in [0.15, 0.2) is 6.10 Å².